The molecule has 9 amide bonds. The van der Waals surface area contributed by atoms with Crippen LogP contribution in [0.2, 0.25) is 0 Å². The van der Waals surface area contributed by atoms with Crippen LogP contribution in [0.25, 0.3) is 0 Å². The first-order valence-electron chi connectivity index (χ1n) is 15.6. The Morgan fingerprint density at radius 3 is 1.54 bits per heavy atom. The lowest BCUT2D eigenvalue weighted by Gasteiger charge is -2.28. The van der Waals surface area contributed by atoms with Crippen molar-refractivity contribution in [1.29, 1.82) is 0 Å². The lowest BCUT2D eigenvalue weighted by molar-refractivity contribution is -0.144. The Labute approximate surface area is 302 Å². The van der Waals surface area contributed by atoms with Crippen molar-refractivity contribution in [3.63, 3.8) is 0 Å². The van der Waals surface area contributed by atoms with Gasteiger partial charge in [0.1, 0.15) is 30.2 Å². The molecule has 0 aliphatic carbocycles. The molecule has 0 saturated heterocycles. The van der Waals surface area contributed by atoms with E-state index in [2.05, 4.69) is 44.5 Å². The van der Waals surface area contributed by atoms with Gasteiger partial charge in [-0.15, -0.1) is 0 Å². The van der Waals surface area contributed by atoms with E-state index in [0.29, 0.717) is 0 Å². The van der Waals surface area contributed by atoms with Gasteiger partial charge in [0.15, 0.2) is 0 Å². The fraction of sp³-hybridized carbons (Fsp3) is 0.607. The third-order valence-corrected chi connectivity index (χ3v) is 7.14. The van der Waals surface area contributed by atoms with Gasteiger partial charge >= 0.3 is 11.9 Å². The van der Waals surface area contributed by atoms with Gasteiger partial charge in [0, 0.05) is 18.6 Å². The molecule has 24 heteroatoms. The minimum Gasteiger partial charge on any atom is -0.481 e. The summed E-state index contributed by atoms with van der Waals surface area (Å²) in [5.41, 5.74) is 15.3. The molecule has 0 spiro atoms. The maximum atomic E-state index is 13.4. The minimum absolute atomic E-state index is 0.271. The topological polar surface area (TPSA) is 390 Å². The van der Waals surface area contributed by atoms with Crippen LogP contribution in [-0.4, -0.2) is 131 Å². The molecular weight excluding hydrogens is 716 g/mol. The summed E-state index contributed by atoms with van der Waals surface area (Å²) in [5, 5.41) is 34.3. The molecular formula is C28H46N10O13S. The van der Waals surface area contributed by atoms with Crippen molar-refractivity contribution in [1.82, 2.24) is 37.2 Å². The van der Waals surface area contributed by atoms with Gasteiger partial charge in [0.2, 0.25) is 53.2 Å². The summed E-state index contributed by atoms with van der Waals surface area (Å²) in [4.78, 5) is 134. The fourth-order valence-corrected chi connectivity index (χ4v) is 4.27. The number of primary amides is 2. The van der Waals surface area contributed by atoms with Gasteiger partial charge in [0.05, 0.1) is 26.1 Å². The van der Waals surface area contributed by atoms with E-state index in [4.69, 9.17) is 17.2 Å². The maximum absolute atomic E-state index is 13.4. The molecule has 0 rings (SSSR count). The zero-order chi connectivity index (χ0) is 40.1. The molecule has 0 aliphatic rings. The molecule has 0 unspecified atom stereocenters. The van der Waals surface area contributed by atoms with Crippen molar-refractivity contribution in [2.75, 3.05) is 25.4 Å². The SMILES string of the molecule is CC(C)[C@H](NC(=O)[C@H](CS)NC(=O)CNC(=O)CNC(=O)CN)C(=O)N[C@@H](CCC(N)=O)C(=O)N[C@@H](CC(=O)O)C(=O)N[C@@H](CCC(N)=O)C(=O)O. The number of carbonyl (C=O) groups excluding carboxylic acids is 9. The van der Waals surface area contributed by atoms with E-state index in [9.17, 15) is 63.0 Å². The Morgan fingerprint density at radius 2 is 1.06 bits per heavy atom. The van der Waals surface area contributed by atoms with Crippen LogP contribution < -0.4 is 54.4 Å². The molecule has 0 aliphatic heterocycles. The summed E-state index contributed by atoms with van der Waals surface area (Å²) in [6.07, 6.45) is -2.88. The number of hydrogen-bond donors (Lipinski definition) is 13. The van der Waals surface area contributed by atoms with E-state index in [0.717, 1.165) is 0 Å². The largest absolute Gasteiger partial charge is 0.481 e. The summed E-state index contributed by atoms with van der Waals surface area (Å²) < 4.78 is 0. The van der Waals surface area contributed by atoms with Crippen molar-refractivity contribution in [3.05, 3.63) is 0 Å². The van der Waals surface area contributed by atoms with Gasteiger partial charge in [-0.05, 0) is 18.8 Å². The van der Waals surface area contributed by atoms with Crippen LogP contribution in [0, 0.1) is 5.92 Å². The first-order valence-corrected chi connectivity index (χ1v) is 16.2. The first-order chi connectivity index (χ1) is 24.2. The highest BCUT2D eigenvalue weighted by atomic mass is 32.1. The van der Waals surface area contributed by atoms with Crippen molar-refractivity contribution >= 4 is 77.7 Å². The van der Waals surface area contributed by atoms with E-state index in [1.165, 1.54) is 13.8 Å². The van der Waals surface area contributed by atoms with Crippen LogP contribution in [0.1, 0.15) is 46.0 Å². The average Bonchev–Trinajstić information content (AvgIpc) is 3.05. The molecule has 0 aromatic carbocycles. The second kappa shape index (κ2) is 23.8. The van der Waals surface area contributed by atoms with Crippen LogP contribution >= 0.6 is 12.6 Å². The third kappa shape index (κ3) is 19.0. The highest BCUT2D eigenvalue weighted by molar-refractivity contribution is 7.80. The summed E-state index contributed by atoms with van der Waals surface area (Å²) >= 11 is 4.04. The predicted octanol–water partition coefficient (Wildman–Crippen LogP) is -6.72. The molecule has 0 heterocycles. The molecule has 23 nitrogen and oxygen atoms in total. The Morgan fingerprint density at radius 1 is 0.596 bits per heavy atom. The van der Waals surface area contributed by atoms with Crippen LogP contribution in [0.3, 0.4) is 0 Å². The summed E-state index contributed by atoms with van der Waals surface area (Å²) in [7, 11) is 0. The third-order valence-electron chi connectivity index (χ3n) is 6.78. The Balaban J connectivity index is 5.84. The summed E-state index contributed by atoms with van der Waals surface area (Å²) in [6.45, 7) is 1.62. The van der Waals surface area contributed by atoms with Crippen LogP contribution in [0.15, 0.2) is 0 Å². The quantitative estimate of drug-likeness (QED) is 0.0385. The van der Waals surface area contributed by atoms with Gasteiger partial charge in [0.25, 0.3) is 0 Å². The number of carbonyl (C=O) groups is 11. The second-order valence-electron chi connectivity index (χ2n) is 11.4. The zero-order valence-electron chi connectivity index (χ0n) is 28.4. The predicted molar refractivity (Wildman–Crippen MR) is 180 cm³/mol. The number of nitrogens with two attached hydrogens (primary N) is 3. The number of nitrogens with one attached hydrogen (secondary N) is 7. The molecule has 0 fully saturated rings. The molecule has 0 aromatic heterocycles. The zero-order valence-corrected chi connectivity index (χ0v) is 29.3. The number of thiol groups is 1. The van der Waals surface area contributed by atoms with Gasteiger partial charge in [-0.3, -0.25) is 47.9 Å². The lowest BCUT2D eigenvalue weighted by Crippen LogP contribution is -2.60. The minimum atomic E-state index is -1.90. The van der Waals surface area contributed by atoms with Crippen LogP contribution in [0.5, 0.6) is 0 Å². The molecule has 52 heavy (non-hydrogen) atoms. The highest BCUT2D eigenvalue weighted by Gasteiger charge is 2.34. The van der Waals surface area contributed by atoms with E-state index >= 15 is 0 Å². The second-order valence-corrected chi connectivity index (χ2v) is 11.8. The normalized spacial score (nSPS) is 13.5. The average molecular weight is 763 g/mol. The molecule has 0 radical (unpaired) electrons. The molecule has 0 saturated carbocycles. The van der Waals surface area contributed by atoms with Gasteiger partial charge in [-0.25, -0.2) is 4.79 Å². The molecule has 15 N–H and O–H groups in total. The lowest BCUT2D eigenvalue weighted by atomic mass is 10.0. The Bertz CT molecular complexity index is 1360. The number of carboxylic acids is 2. The van der Waals surface area contributed by atoms with E-state index in [1.807, 2.05) is 5.32 Å². The molecule has 0 bridgehead atoms. The van der Waals surface area contributed by atoms with Gasteiger partial charge < -0.3 is 64.6 Å². The number of hydrogen-bond acceptors (Lipinski definition) is 13. The summed E-state index contributed by atoms with van der Waals surface area (Å²) in [6, 6.07) is -7.95. The fourth-order valence-electron chi connectivity index (χ4n) is 4.01. The Hall–Kier alpha value is -5.52. The van der Waals surface area contributed by atoms with Gasteiger partial charge in [-0.1, -0.05) is 13.8 Å². The molecule has 5 atom stereocenters. The van der Waals surface area contributed by atoms with Crippen molar-refractivity contribution in [2.45, 2.75) is 76.2 Å². The Kier molecular flexibility index (Phi) is 21.3. The first kappa shape index (κ1) is 46.5. The van der Waals surface area contributed by atoms with E-state index in [1.54, 1.807) is 0 Å². The van der Waals surface area contributed by atoms with Crippen molar-refractivity contribution < 1.29 is 63.0 Å². The van der Waals surface area contributed by atoms with Crippen molar-refractivity contribution in [3.8, 4) is 0 Å². The number of amides is 9. The maximum Gasteiger partial charge on any atom is 0.326 e. The molecule has 0 aromatic rings. The smallest absolute Gasteiger partial charge is 0.326 e. The van der Waals surface area contributed by atoms with E-state index in [-0.39, 0.29) is 12.3 Å². The molecule has 292 valence electrons. The number of carboxylic acid groups (broad SMARTS) is 2. The van der Waals surface area contributed by atoms with Crippen LogP contribution in [0.4, 0.5) is 0 Å². The van der Waals surface area contributed by atoms with Crippen LogP contribution in [-0.2, 0) is 52.7 Å². The monoisotopic (exact) mass is 762 g/mol. The highest BCUT2D eigenvalue weighted by Crippen LogP contribution is 2.08. The van der Waals surface area contributed by atoms with Crippen molar-refractivity contribution in [2.24, 2.45) is 23.1 Å². The number of rotatable bonds is 25. The standard InChI is InChI=1S/C28H46N10O13S/c1-12(2)23(38-26(48)16(11-52)34-21(43)10-33-20(42)9-32-19(41)8-29)27(49)35-13(3-5-17(30)39)24(46)37-15(7-22(44)45)25(47)36-14(28(50)51)4-6-18(31)40/h12-16,23,52H,3-11,29H2,1-2H3,(H2,30,39)(H2,31,40)(H,32,41)(H,33,42)(H,34,43)(H,35,49)(H,36,47)(H,37,46)(H,38,48)(H,44,45)(H,50,51)/t13-,14-,15-,16-,23-/m0/s1. The summed E-state index contributed by atoms with van der Waals surface area (Å²) in [5.74, 6) is -12.4. The van der Waals surface area contributed by atoms with Gasteiger partial charge in [-0.2, -0.15) is 12.6 Å². The van der Waals surface area contributed by atoms with E-state index < -0.39 is 146 Å². The number of aliphatic carboxylic acids is 2.